The second-order valence-electron chi connectivity index (χ2n) is 7.31. The Hall–Kier alpha value is -2.86. The number of carbonyl (C=O) groups is 2. The first-order valence-corrected chi connectivity index (χ1v) is 10.2. The SMILES string of the molecule is COCCCNC(=O)c1cccc(C2CCCN(C(=O)Nc3ccccc3)C2)c1. The molecule has 0 saturated carbocycles. The van der Waals surface area contributed by atoms with E-state index in [1.165, 1.54) is 0 Å². The number of nitrogens with one attached hydrogen (secondary N) is 2. The molecule has 0 spiro atoms. The fraction of sp³-hybridized carbons (Fsp3) is 0.391. The summed E-state index contributed by atoms with van der Waals surface area (Å²) in [6.07, 6.45) is 2.74. The lowest BCUT2D eigenvalue weighted by molar-refractivity contribution is 0.0948. The van der Waals surface area contributed by atoms with Crippen LogP contribution >= 0.6 is 0 Å². The van der Waals surface area contributed by atoms with Gasteiger partial charge in [-0.25, -0.2) is 4.79 Å². The number of likely N-dealkylation sites (tertiary alicyclic amines) is 1. The predicted octanol–water partition coefficient (Wildman–Crippen LogP) is 3.86. The van der Waals surface area contributed by atoms with E-state index in [9.17, 15) is 9.59 Å². The van der Waals surface area contributed by atoms with Gasteiger partial charge in [0.1, 0.15) is 0 Å². The summed E-state index contributed by atoms with van der Waals surface area (Å²) in [6.45, 7) is 2.61. The molecule has 1 fully saturated rings. The van der Waals surface area contributed by atoms with Crippen LogP contribution in [-0.4, -0.2) is 50.2 Å². The molecule has 1 aliphatic rings. The van der Waals surface area contributed by atoms with Gasteiger partial charge in [0.2, 0.25) is 0 Å². The van der Waals surface area contributed by atoms with Crippen LogP contribution in [0, 0.1) is 0 Å². The third kappa shape index (κ3) is 6.06. The van der Waals surface area contributed by atoms with E-state index >= 15 is 0 Å². The van der Waals surface area contributed by atoms with Crippen LogP contribution < -0.4 is 10.6 Å². The highest BCUT2D eigenvalue weighted by atomic mass is 16.5. The molecular formula is C23H29N3O3. The molecule has 1 heterocycles. The van der Waals surface area contributed by atoms with Gasteiger partial charge < -0.3 is 20.3 Å². The molecule has 1 unspecified atom stereocenters. The Labute approximate surface area is 172 Å². The third-order valence-electron chi connectivity index (χ3n) is 5.16. The number of rotatable bonds is 7. The van der Waals surface area contributed by atoms with Crippen LogP contribution in [0.2, 0.25) is 0 Å². The van der Waals surface area contributed by atoms with Crippen molar-refractivity contribution in [2.24, 2.45) is 0 Å². The molecule has 6 heteroatoms. The number of nitrogens with zero attached hydrogens (tertiary/aromatic N) is 1. The first-order chi connectivity index (χ1) is 14.2. The fourth-order valence-electron chi connectivity index (χ4n) is 3.61. The van der Waals surface area contributed by atoms with Crippen molar-refractivity contribution < 1.29 is 14.3 Å². The number of ether oxygens (including phenoxy) is 1. The lowest BCUT2D eigenvalue weighted by Crippen LogP contribution is -2.41. The summed E-state index contributed by atoms with van der Waals surface area (Å²) in [5, 5.41) is 5.88. The number of carbonyl (C=O) groups excluding carboxylic acids is 2. The average Bonchev–Trinajstić information content (AvgIpc) is 2.77. The molecule has 0 bridgehead atoms. The van der Waals surface area contributed by atoms with Gasteiger partial charge in [-0.3, -0.25) is 4.79 Å². The van der Waals surface area contributed by atoms with Crippen molar-refractivity contribution in [2.45, 2.75) is 25.2 Å². The number of hydrogen-bond donors (Lipinski definition) is 2. The minimum Gasteiger partial charge on any atom is -0.385 e. The quantitative estimate of drug-likeness (QED) is 0.699. The van der Waals surface area contributed by atoms with Gasteiger partial charge in [-0.2, -0.15) is 0 Å². The summed E-state index contributed by atoms with van der Waals surface area (Å²) in [5.41, 5.74) is 2.56. The van der Waals surface area contributed by atoms with Crippen LogP contribution in [0.3, 0.4) is 0 Å². The number of hydrogen-bond acceptors (Lipinski definition) is 3. The number of amides is 3. The Bertz CT molecular complexity index is 810. The molecule has 6 nitrogen and oxygen atoms in total. The van der Waals surface area contributed by atoms with Crippen LogP contribution in [0.1, 0.15) is 41.1 Å². The van der Waals surface area contributed by atoms with Crippen molar-refractivity contribution in [1.29, 1.82) is 0 Å². The van der Waals surface area contributed by atoms with E-state index in [0.29, 0.717) is 25.3 Å². The van der Waals surface area contributed by atoms with Gasteiger partial charge in [-0.05, 0) is 49.1 Å². The van der Waals surface area contributed by atoms with E-state index in [1.807, 2.05) is 59.5 Å². The summed E-state index contributed by atoms with van der Waals surface area (Å²) in [7, 11) is 1.65. The van der Waals surface area contributed by atoms with E-state index < -0.39 is 0 Å². The largest absolute Gasteiger partial charge is 0.385 e. The van der Waals surface area contributed by atoms with Crippen molar-refractivity contribution in [2.75, 3.05) is 38.7 Å². The summed E-state index contributed by atoms with van der Waals surface area (Å²) >= 11 is 0. The first-order valence-electron chi connectivity index (χ1n) is 10.2. The van der Waals surface area contributed by atoms with Crippen molar-refractivity contribution in [3.63, 3.8) is 0 Å². The van der Waals surface area contributed by atoms with Gasteiger partial charge in [0.15, 0.2) is 0 Å². The topological polar surface area (TPSA) is 70.7 Å². The Balaban J connectivity index is 1.60. The molecular weight excluding hydrogens is 366 g/mol. The molecule has 29 heavy (non-hydrogen) atoms. The van der Waals surface area contributed by atoms with Crippen LogP contribution in [-0.2, 0) is 4.74 Å². The lowest BCUT2D eigenvalue weighted by Gasteiger charge is -2.33. The number of para-hydroxylation sites is 1. The van der Waals surface area contributed by atoms with E-state index in [-0.39, 0.29) is 17.9 Å². The Morgan fingerprint density at radius 1 is 1.14 bits per heavy atom. The molecule has 1 atom stereocenters. The van der Waals surface area contributed by atoms with E-state index in [1.54, 1.807) is 7.11 Å². The third-order valence-corrected chi connectivity index (χ3v) is 5.16. The Morgan fingerprint density at radius 2 is 1.97 bits per heavy atom. The van der Waals surface area contributed by atoms with Gasteiger partial charge in [0.25, 0.3) is 5.91 Å². The summed E-state index contributed by atoms with van der Waals surface area (Å²) in [6, 6.07) is 17.2. The molecule has 1 saturated heterocycles. The molecule has 154 valence electrons. The highest BCUT2D eigenvalue weighted by molar-refractivity contribution is 5.94. The van der Waals surface area contributed by atoms with Gasteiger partial charge in [-0.15, -0.1) is 0 Å². The molecule has 2 aromatic rings. The van der Waals surface area contributed by atoms with Crippen molar-refractivity contribution in [3.05, 3.63) is 65.7 Å². The molecule has 3 amide bonds. The Kier molecular flexibility index (Phi) is 7.64. The maximum Gasteiger partial charge on any atom is 0.321 e. The smallest absolute Gasteiger partial charge is 0.321 e. The highest BCUT2D eigenvalue weighted by Crippen LogP contribution is 2.28. The van der Waals surface area contributed by atoms with Crippen LogP contribution in [0.4, 0.5) is 10.5 Å². The maximum atomic E-state index is 12.6. The molecule has 2 aromatic carbocycles. The molecule has 1 aliphatic heterocycles. The summed E-state index contributed by atoms with van der Waals surface area (Å²) in [4.78, 5) is 26.9. The number of methoxy groups -OCH3 is 1. The minimum atomic E-state index is -0.0760. The van der Waals surface area contributed by atoms with Gasteiger partial charge in [0, 0.05) is 50.5 Å². The summed E-state index contributed by atoms with van der Waals surface area (Å²) < 4.78 is 5.01. The zero-order valence-corrected chi connectivity index (χ0v) is 16.9. The normalized spacial score (nSPS) is 16.3. The molecule has 0 aromatic heterocycles. The van der Waals surface area contributed by atoms with Gasteiger partial charge >= 0.3 is 6.03 Å². The predicted molar refractivity (Wildman–Crippen MR) is 114 cm³/mol. The zero-order valence-electron chi connectivity index (χ0n) is 16.9. The van der Waals surface area contributed by atoms with Gasteiger partial charge in [0.05, 0.1) is 0 Å². The standard InChI is InChI=1S/C23H29N3O3/c1-29-15-7-13-24-22(27)19-9-5-8-18(16-19)20-10-6-14-26(17-20)23(28)25-21-11-3-2-4-12-21/h2-5,8-9,11-12,16,20H,6-7,10,13-15,17H2,1H3,(H,24,27)(H,25,28). The Morgan fingerprint density at radius 3 is 2.76 bits per heavy atom. The number of piperidine rings is 1. The fourth-order valence-corrected chi connectivity index (χ4v) is 3.61. The van der Waals surface area contributed by atoms with Crippen molar-refractivity contribution in [3.8, 4) is 0 Å². The maximum absolute atomic E-state index is 12.6. The second kappa shape index (κ2) is 10.6. The summed E-state index contributed by atoms with van der Waals surface area (Å²) in [5.74, 6) is 0.156. The van der Waals surface area contributed by atoms with Crippen LogP contribution in [0.15, 0.2) is 54.6 Å². The van der Waals surface area contributed by atoms with Gasteiger partial charge in [-0.1, -0.05) is 30.3 Å². The average molecular weight is 396 g/mol. The highest BCUT2D eigenvalue weighted by Gasteiger charge is 2.25. The first kappa shape index (κ1) is 20.9. The number of urea groups is 1. The van der Waals surface area contributed by atoms with E-state index in [0.717, 1.165) is 37.1 Å². The second-order valence-corrected chi connectivity index (χ2v) is 7.31. The molecule has 3 rings (SSSR count). The van der Waals surface area contributed by atoms with Crippen LogP contribution in [0.25, 0.3) is 0 Å². The van der Waals surface area contributed by atoms with E-state index in [2.05, 4.69) is 10.6 Å². The lowest BCUT2D eigenvalue weighted by atomic mass is 9.89. The number of benzene rings is 2. The molecule has 0 aliphatic carbocycles. The van der Waals surface area contributed by atoms with Crippen LogP contribution in [0.5, 0.6) is 0 Å². The molecule has 2 N–H and O–H groups in total. The van der Waals surface area contributed by atoms with E-state index in [4.69, 9.17) is 4.74 Å². The van der Waals surface area contributed by atoms with Crippen molar-refractivity contribution >= 4 is 17.6 Å². The molecule has 0 radical (unpaired) electrons. The number of anilines is 1. The monoisotopic (exact) mass is 395 g/mol. The zero-order chi connectivity index (χ0) is 20.5. The van der Waals surface area contributed by atoms with Crippen molar-refractivity contribution in [1.82, 2.24) is 10.2 Å². The minimum absolute atomic E-state index is 0.0718.